The summed E-state index contributed by atoms with van der Waals surface area (Å²) in [5.74, 6) is 1.09. The molecule has 2 aromatic rings. The van der Waals surface area contributed by atoms with E-state index in [0.717, 1.165) is 24.1 Å². The molecule has 23 heavy (non-hydrogen) atoms. The van der Waals surface area contributed by atoms with Crippen LogP contribution in [0.15, 0.2) is 22.9 Å². The molecule has 1 aliphatic carbocycles. The van der Waals surface area contributed by atoms with Gasteiger partial charge in [0.25, 0.3) is 0 Å². The van der Waals surface area contributed by atoms with Crippen LogP contribution < -0.4 is 5.32 Å². The van der Waals surface area contributed by atoms with Gasteiger partial charge in [0.05, 0.1) is 0 Å². The standard InChI is InChI=1S/C17H22N4O2/c1-10-7-12(5-6-18-10)14-20-16(23-21-14)11(2)19-15(22)13-8-17(3,4)9-13/h5-7,11,13H,8-9H2,1-4H3,(H,19,22)/t11-/m0/s1. The molecular formula is C17H22N4O2. The third kappa shape index (κ3) is 3.41. The van der Waals surface area contributed by atoms with E-state index in [9.17, 15) is 4.79 Å². The Morgan fingerprint density at radius 1 is 1.43 bits per heavy atom. The van der Waals surface area contributed by atoms with Gasteiger partial charge in [-0.2, -0.15) is 4.98 Å². The second kappa shape index (κ2) is 5.76. The van der Waals surface area contributed by atoms with E-state index in [1.807, 2.05) is 26.0 Å². The Morgan fingerprint density at radius 3 is 2.83 bits per heavy atom. The fraction of sp³-hybridized carbons (Fsp3) is 0.529. The summed E-state index contributed by atoms with van der Waals surface area (Å²) in [5.41, 5.74) is 2.02. The topological polar surface area (TPSA) is 80.9 Å². The maximum Gasteiger partial charge on any atom is 0.249 e. The molecule has 0 spiro atoms. The Morgan fingerprint density at radius 2 is 2.17 bits per heavy atom. The van der Waals surface area contributed by atoms with Gasteiger partial charge in [-0.3, -0.25) is 9.78 Å². The van der Waals surface area contributed by atoms with Crippen molar-refractivity contribution in [1.82, 2.24) is 20.4 Å². The van der Waals surface area contributed by atoms with Crippen LogP contribution in [0.3, 0.4) is 0 Å². The molecule has 0 radical (unpaired) electrons. The summed E-state index contributed by atoms with van der Waals surface area (Å²) in [6, 6.07) is 3.44. The largest absolute Gasteiger partial charge is 0.344 e. The Hall–Kier alpha value is -2.24. The number of aryl methyl sites for hydroxylation is 1. The van der Waals surface area contributed by atoms with Gasteiger partial charge in [-0.1, -0.05) is 19.0 Å². The average molecular weight is 314 g/mol. The zero-order chi connectivity index (χ0) is 16.6. The van der Waals surface area contributed by atoms with Gasteiger partial charge < -0.3 is 9.84 Å². The highest BCUT2D eigenvalue weighted by molar-refractivity contribution is 5.80. The van der Waals surface area contributed by atoms with Crippen molar-refractivity contribution in [3.05, 3.63) is 29.9 Å². The molecule has 0 aromatic carbocycles. The number of nitrogens with zero attached hydrogens (tertiary/aromatic N) is 3. The van der Waals surface area contributed by atoms with Crippen LogP contribution in [0.25, 0.3) is 11.4 Å². The first-order valence-corrected chi connectivity index (χ1v) is 7.91. The van der Waals surface area contributed by atoms with Crippen LogP contribution in [-0.2, 0) is 4.79 Å². The summed E-state index contributed by atoms with van der Waals surface area (Å²) >= 11 is 0. The number of carbonyl (C=O) groups excluding carboxylic acids is 1. The van der Waals surface area contributed by atoms with E-state index in [0.29, 0.717) is 11.7 Å². The summed E-state index contributed by atoms with van der Waals surface area (Å²) in [6.07, 6.45) is 3.57. The third-order valence-corrected chi connectivity index (χ3v) is 4.29. The molecule has 1 fully saturated rings. The summed E-state index contributed by atoms with van der Waals surface area (Å²) in [7, 11) is 0. The fourth-order valence-corrected chi connectivity index (χ4v) is 3.07. The van der Waals surface area contributed by atoms with E-state index in [1.165, 1.54) is 0 Å². The van der Waals surface area contributed by atoms with Crippen molar-refractivity contribution >= 4 is 5.91 Å². The maximum absolute atomic E-state index is 12.2. The lowest BCUT2D eigenvalue weighted by molar-refractivity contribution is -0.132. The van der Waals surface area contributed by atoms with Crippen LogP contribution in [0.5, 0.6) is 0 Å². The number of carbonyl (C=O) groups is 1. The van der Waals surface area contributed by atoms with Crippen molar-refractivity contribution in [1.29, 1.82) is 0 Å². The number of rotatable bonds is 4. The van der Waals surface area contributed by atoms with E-state index >= 15 is 0 Å². The summed E-state index contributed by atoms with van der Waals surface area (Å²) in [4.78, 5) is 20.7. The molecule has 2 heterocycles. The zero-order valence-corrected chi connectivity index (χ0v) is 14.0. The third-order valence-electron chi connectivity index (χ3n) is 4.29. The van der Waals surface area contributed by atoms with Crippen molar-refractivity contribution in [3.8, 4) is 11.4 Å². The predicted octanol–water partition coefficient (Wildman–Crippen LogP) is 3.05. The van der Waals surface area contributed by atoms with Crippen LogP contribution in [0.4, 0.5) is 0 Å². The Bertz CT molecular complexity index is 715. The van der Waals surface area contributed by atoms with E-state index in [4.69, 9.17) is 4.52 Å². The minimum absolute atomic E-state index is 0.0660. The summed E-state index contributed by atoms with van der Waals surface area (Å²) < 4.78 is 5.30. The van der Waals surface area contributed by atoms with Crippen LogP contribution >= 0.6 is 0 Å². The van der Waals surface area contributed by atoms with Crippen molar-refractivity contribution in [2.75, 3.05) is 0 Å². The summed E-state index contributed by atoms with van der Waals surface area (Å²) in [5, 5.41) is 6.96. The van der Waals surface area contributed by atoms with E-state index in [-0.39, 0.29) is 23.3 Å². The smallest absolute Gasteiger partial charge is 0.249 e. The Labute approximate surface area is 135 Å². The first-order valence-electron chi connectivity index (χ1n) is 7.91. The number of amides is 1. The van der Waals surface area contributed by atoms with Crippen LogP contribution in [0, 0.1) is 18.3 Å². The lowest BCUT2D eigenvalue weighted by atomic mass is 9.64. The second-order valence-electron chi connectivity index (χ2n) is 7.14. The van der Waals surface area contributed by atoms with E-state index in [1.54, 1.807) is 6.20 Å². The molecule has 122 valence electrons. The Kier molecular flexibility index (Phi) is 3.92. The van der Waals surface area contributed by atoms with Crippen molar-refractivity contribution in [3.63, 3.8) is 0 Å². The van der Waals surface area contributed by atoms with Crippen molar-refractivity contribution in [2.24, 2.45) is 11.3 Å². The number of pyridine rings is 1. The quantitative estimate of drug-likeness (QED) is 0.938. The molecule has 2 aromatic heterocycles. The maximum atomic E-state index is 12.2. The minimum atomic E-state index is -0.296. The Balaban J connectivity index is 1.65. The van der Waals surface area contributed by atoms with E-state index in [2.05, 4.69) is 34.3 Å². The number of nitrogens with one attached hydrogen (secondary N) is 1. The predicted molar refractivity (Wildman–Crippen MR) is 85.3 cm³/mol. The molecular weight excluding hydrogens is 292 g/mol. The molecule has 1 aliphatic rings. The van der Waals surface area contributed by atoms with Gasteiger partial charge in [-0.05, 0) is 44.2 Å². The van der Waals surface area contributed by atoms with Gasteiger partial charge in [-0.25, -0.2) is 0 Å². The zero-order valence-electron chi connectivity index (χ0n) is 14.0. The highest BCUT2D eigenvalue weighted by Crippen LogP contribution is 2.44. The molecule has 1 N–H and O–H groups in total. The SMILES string of the molecule is Cc1cc(-c2noc([C@H](C)NC(=O)C3CC(C)(C)C3)n2)ccn1. The normalized spacial score (nSPS) is 18.3. The molecule has 0 aliphatic heterocycles. The molecule has 0 saturated heterocycles. The number of aromatic nitrogens is 3. The lowest BCUT2D eigenvalue weighted by Gasteiger charge is -2.41. The molecule has 0 unspecified atom stereocenters. The van der Waals surface area contributed by atoms with Crippen LogP contribution in [0.1, 0.15) is 51.2 Å². The minimum Gasteiger partial charge on any atom is -0.344 e. The molecule has 1 atom stereocenters. The van der Waals surface area contributed by atoms with Gasteiger partial charge in [0.15, 0.2) is 0 Å². The van der Waals surface area contributed by atoms with Gasteiger partial charge in [0.1, 0.15) is 6.04 Å². The molecule has 1 amide bonds. The van der Waals surface area contributed by atoms with E-state index < -0.39 is 0 Å². The first kappa shape index (κ1) is 15.6. The fourth-order valence-electron chi connectivity index (χ4n) is 3.07. The van der Waals surface area contributed by atoms with Crippen LogP contribution in [0.2, 0.25) is 0 Å². The molecule has 3 rings (SSSR count). The average Bonchev–Trinajstić information content (AvgIpc) is 2.94. The lowest BCUT2D eigenvalue weighted by Crippen LogP contribution is -2.43. The molecule has 1 saturated carbocycles. The van der Waals surface area contributed by atoms with Crippen LogP contribution in [-0.4, -0.2) is 21.0 Å². The highest BCUT2D eigenvalue weighted by atomic mass is 16.5. The molecule has 0 bridgehead atoms. The first-order chi connectivity index (χ1) is 10.8. The monoisotopic (exact) mass is 314 g/mol. The van der Waals surface area contributed by atoms with Gasteiger partial charge in [0, 0.05) is 23.4 Å². The summed E-state index contributed by atoms with van der Waals surface area (Å²) in [6.45, 7) is 8.13. The van der Waals surface area contributed by atoms with Crippen molar-refractivity contribution < 1.29 is 9.32 Å². The molecule has 6 nitrogen and oxygen atoms in total. The number of hydrogen-bond donors (Lipinski definition) is 1. The second-order valence-corrected chi connectivity index (χ2v) is 7.14. The van der Waals surface area contributed by atoms with Crippen molar-refractivity contribution in [2.45, 2.75) is 46.6 Å². The van der Waals surface area contributed by atoms with Gasteiger partial charge >= 0.3 is 0 Å². The van der Waals surface area contributed by atoms with Gasteiger partial charge in [-0.15, -0.1) is 0 Å². The van der Waals surface area contributed by atoms with Gasteiger partial charge in [0.2, 0.25) is 17.6 Å². The molecule has 6 heteroatoms. The highest BCUT2D eigenvalue weighted by Gasteiger charge is 2.40. The number of hydrogen-bond acceptors (Lipinski definition) is 5.